The van der Waals surface area contributed by atoms with Crippen molar-refractivity contribution in [3.8, 4) is 0 Å². The summed E-state index contributed by atoms with van der Waals surface area (Å²) in [7, 11) is 5.96. The highest BCUT2D eigenvalue weighted by Crippen LogP contribution is 2.25. The zero-order chi connectivity index (χ0) is 22.3. The molecule has 6 heteroatoms. The van der Waals surface area contributed by atoms with E-state index in [4.69, 9.17) is 5.73 Å². The molecule has 0 aromatic heterocycles. The van der Waals surface area contributed by atoms with E-state index < -0.39 is 0 Å². The lowest BCUT2D eigenvalue weighted by atomic mass is 10.2. The van der Waals surface area contributed by atoms with Crippen LogP contribution in [0.15, 0.2) is 48.5 Å². The first kappa shape index (κ1) is 25.6. The van der Waals surface area contributed by atoms with Gasteiger partial charge in [0.05, 0.1) is 0 Å². The van der Waals surface area contributed by atoms with Crippen molar-refractivity contribution in [2.45, 2.75) is 39.5 Å². The van der Waals surface area contributed by atoms with E-state index in [0.717, 1.165) is 49.1 Å². The molecule has 0 saturated heterocycles. The molecule has 2 aromatic rings. The Morgan fingerprint density at radius 1 is 0.710 bits per heavy atom. The van der Waals surface area contributed by atoms with Crippen LogP contribution in [-0.2, 0) is 0 Å². The van der Waals surface area contributed by atoms with E-state index in [2.05, 4.69) is 65.4 Å². The van der Waals surface area contributed by atoms with Crippen molar-refractivity contribution in [1.82, 2.24) is 0 Å². The predicted molar refractivity (Wildman–Crippen MR) is 146 cm³/mol. The molecule has 0 spiro atoms. The molecule has 0 fully saturated rings. The van der Waals surface area contributed by atoms with Crippen LogP contribution in [0.25, 0.3) is 0 Å². The number of nitrogens with one attached hydrogen (secondary N) is 1. The molecular weight excluding hydrogens is 420 g/mol. The SMILES string of the molecule is CCCCN(CCSSCCN(CCCC)c1ccc(NC)cc1)c1ccc(N)cc1. The predicted octanol–water partition coefficient (Wildman–Crippen LogP) is 6.61. The second-order valence-corrected chi connectivity index (χ2v) is 10.4. The van der Waals surface area contributed by atoms with Crippen molar-refractivity contribution in [3.63, 3.8) is 0 Å². The maximum atomic E-state index is 5.86. The average molecular weight is 461 g/mol. The highest BCUT2D eigenvalue weighted by Gasteiger charge is 2.08. The minimum Gasteiger partial charge on any atom is -0.399 e. The number of nitrogen functional groups attached to an aromatic ring is 1. The van der Waals surface area contributed by atoms with E-state index in [0.29, 0.717) is 0 Å². The van der Waals surface area contributed by atoms with Crippen LogP contribution < -0.4 is 20.9 Å². The van der Waals surface area contributed by atoms with Gasteiger partial charge in [0.25, 0.3) is 0 Å². The number of hydrogen-bond acceptors (Lipinski definition) is 6. The van der Waals surface area contributed by atoms with Gasteiger partial charge in [0.2, 0.25) is 0 Å². The second-order valence-electron chi connectivity index (χ2n) is 7.71. The van der Waals surface area contributed by atoms with E-state index in [-0.39, 0.29) is 0 Å². The molecule has 0 unspecified atom stereocenters. The van der Waals surface area contributed by atoms with Crippen molar-refractivity contribution in [2.75, 3.05) is 65.6 Å². The van der Waals surface area contributed by atoms with E-state index in [9.17, 15) is 0 Å². The quantitative estimate of drug-likeness (QED) is 0.167. The van der Waals surface area contributed by atoms with Crippen LogP contribution >= 0.6 is 21.6 Å². The molecule has 2 rings (SSSR count). The molecule has 0 atom stereocenters. The fourth-order valence-corrected chi connectivity index (χ4v) is 5.35. The molecule has 0 aliphatic heterocycles. The highest BCUT2D eigenvalue weighted by atomic mass is 33.1. The Balaban J connectivity index is 1.77. The third-order valence-corrected chi connectivity index (χ3v) is 7.68. The molecule has 4 nitrogen and oxygen atoms in total. The normalized spacial score (nSPS) is 10.8. The Bertz CT molecular complexity index is 706. The molecule has 0 bridgehead atoms. The van der Waals surface area contributed by atoms with Crippen LogP contribution in [0.4, 0.5) is 22.7 Å². The molecule has 0 aliphatic carbocycles. The van der Waals surface area contributed by atoms with Gasteiger partial charge in [-0.1, -0.05) is 48.3 Å². The summed E-state index contributed by atoms with van der Waals surface area (Å²) in [6.07, 6.45) is 4.91. The molecule has 172 valence electrons. The summed E-state index contributed by atoms with van der Waals surface area (Å²) < 4.78 is 0. The van der Waals surface area contributed by atoms with Gasteiger partial charge in [-0.15, -0.1) is 0 Å². The largest absolute Gasteiger partial charge is 0.399 e. The monoisotopic (exact) mass is 460 g/mol. The summed E-state index contributed by atoms with van der Waals surface area (Å²) in [6, 6.07) is 17.1. The van der Waals surface area contributed by atoms with Gasteiger partial charge in [-0.3, -0.25) is 0 Å². The van der Waals surface area contributed by atoms with E-state index in [1.54, 1.807) is 0 Å². The van der Waals surface area contributed by atoms with Crippen LogP contribution in [0.1, 0.15) is 39.5 Å². The summed E-state index contributed by atoms with van der Waals surface area (Å²) in [6.45, 7) is 8.92. The van der Waals surface area contributed by atoms with Crippen LogP contribution in [0, 0.1) is 0 Å². The topological polar surface area (TPSA) is 44.5 Å². The summed E-state index contributed by atoms with van der Waals surface area (Å²) in [4.78, 5) is 5.02. The molecule has 0 radical (unpaired) electrons. The standard InChI is InChI=1S/C25H40N4S2/c1-4-6-16-28(24-12-8-22(26)9-13-24)18-20-30-31-21-19-29(17-7-5-2)25-14-10-23(27-3)11-15-25/h8-15,27H,4-7,16-21,26H2,1-3H3. The smallest absolute Gasteiger partial charge is 0.0367 e. The summed E-state index contributed by atoms with van der Waals surface area (Å²) >= 11 is 0. The fourth-order valence-electron chi connectivity index (χ4n) is 3.37. The third kappa shape index (κ3) is 9.56. The second kappa shape index (κ2) is 15.2. The minimum atomic E-state index is 0.831. The van der Waals surface area contributed by atoms with E-state index in [1.807, 2.05) is 40.8 Å². The maximum absolute atomic E-state index is 5.86. The molecule has 0 saturated carbocycles. The van der Waals surface area contributed by atoms with Crippen molar-refractivity contribution in [1.29, 1.82) is 0 Å². The first-order valence-corrected chi connectivity index (χ1v) is 14.0. The first-order valence-electron chi connectivity index (χ1n) is 11.6. The zero-order valence-electron chi connectivity index (χ0n) is 19.5. The van der Waals surface area contributed by atoms with Gasteiger partial charge in [0.15, 0.2) is 0 Å². The Morgan fingerprint density at radius 2 is 1.16 bits per heavy atom. The number of unbranched alkanes of at least 4 members (excludes halogenated alkanes) is 2. The zero-order valence-corrected chi connectivity index (χ0v) is 21.1. The van der Waals surface area contributed by atoms with Crippen molar-refractivity contribution >= 4 is 44.3 Å². The van der Waals surface area contributed by atoms with Gasteiger partial charge in [0.1, 0.15) is 0 Å². The van der Waals surface area contributed by atoms with Crippen LogP contribution in [0.2, 0.25) is 0 Å². The first-order chi connectivity index (χ1) is 15.2. The Kier molecular flexibility index (Phi) is 12.5. The molecular formula is C25H40N4S2. The van der Waals surface area contributed by atoms with Gasteiger partial charge < -0.3 is 20.9 Å². The van der Waals surface area contributed by atoms with Crippen molar-refractivity contribution < 1.29 is 0 Å². The van der Waals surface area contributed by atoms with Gasteiger partial charge in [-0.05, 0) is 61.4 Å². The molecule has 0 amide bonds. The lowest BCUT2D eigenvalue weighted by Crippen LogP contribution is -2.27. The van der Waals surface area contributed by atoms with Crippen molar-refractivity contribution in [2.24, 2.45) is 0 Å². The third-order valence-electron chi connectivity index (χ3n) is 5.31. The number of anilines is 4. The molecule has 0 heterocycles. The van der Waals surface area contributed by atoms with Gasteiger partial charge in [-0.2, -0.15) is 0 Å². The Labute approximate surface area is 197 Å². The minimum absolute atomic E-state index is 0.831. The molecule has 2 aromatic carbocycles. The number of nitrogens with zero attached hydrogens (tertiary/aromatic N) is 2. The average Bonchev–Trinajstić information content (AvgIpc) is 2.81. The summed E-state index contributed by atoms with van der Waals surface area (Å²) in [5.74, 6) is 2.27. The summed E-state index contributed by atoms with van der Waals surface area (Å²) in [5, 5.41) is 3.20. The highest BCUT2D eigenvalue weighted by molar-refractivity contribution is 8.76. The van der Waals surface area contributed by atoms with E-state index >= 15 is 0 Å². The van der Waals surface area contributed by atoms with Gasteiger partial charge >= 0.3 is 0 Å². The van der Waals surface area contributed by atoms with Crippen LogP contribution in [0.3, 0.4) is 0 Å². The molecule has 31 heavy (non-hydrogen) atoms. The lowest BCUT2D eigenvalue weighted by molar-refractivity contribution is 0.734. The number of nitrogens with two attached hydrogens (primary N) is 1. The Morgan fingerprint density at radius 3 is 1.58 bits per heavy atom. The van der Waals surface area contributed by atoms with Gasteiger partial charge in [-0.25, -0.2) is 0 Å². The van der Waals surface area contributed by atoms with Crippen molar-refractivity contribution in [3.05, 3.63) is 48.5 Å². The van der Waals surface area contributed by atoms with E-state index in [1.165, 1.54) is 37.1 Å². The molecule has 3 N–H and O–H groups in total. The molecule has 0 aliphatic rings. The maximum Gasteiger partial charge on any atom is 0.0367 e. The number of rotatable bonds is 16. The van der Waals surface area contributed by atoms with Crippen LogP contribution in [-0.4, -0.2) is 44.7 Å². The number of benzene rings is 2. The van der Waals surface area contributed by atoms with Crippen LogP contribution in [0.5, 0.6) is 0 Å². The fraction of sp³-hybridized carbons (Fsp3) is 0.520. The number of hydrogen-bond donors (Lipinski definition) is 2. The summed E-state index contributed by atoms with van der Waals surface area (Å²) in [5.41, 5.74) is 10.5. The Hall–Kier alpha value is -1.66. The van der Waals surface area contributed by atoms with Gasteiger partial charge in [0, 0.05) is 67.5 Å². The lowest BCUT2D eigenvalue weighted by Gasteiger charge is -2.26.